The average Bonchev–Trinajstić information content (AvgIpc) is 3.25. The zero-order valence-corrected chi connectivity index (χ0v) is 13.4. The Balaban J connectivity index is 1.37. The molecule has 4 rings (SSSR count). The minimum Gasteiger partial charge on any atom is -0.381 e. The van der Waals surface area contributed by atoms with E-state index in [0.29, 0.717) is 36.8 Å². The van der Waals surface area contributed by atoms with E-state index >= 15 is 0 Å². The second-order valence-electron chi connectivity index (χ2n) is 6.87. The Morgan fingerprint density at radius 2 is 2.13 bits per heavy atom. The third-order valence-corrected chi connectivity index (χ3v) is 5.33. The van der Waals surface area contributed by atoms with Gasteiger partial charge in [0.2, 0.25) is 11.8 Å². The van der Waals surface area contributed by atoms with Crippen molar-refractivity contribution < 1.29 is 18.8 Å². The fourth-order valence-corrected chi connectivity index (χ4v) is 4.04. The van der Waals surface area contributed by atoms with Crippen molar-refractivity contribution in [2.75, 3.05) is 32.9 Å². The number of carbonyl (C=O) groups excluding carboxylic acids is 1. The number of rotatable bonds is 3. The highest BCUT2D eigenvalue weighted by atomic mass is 16.5. The van der Waals surface area contributed by atoms with Crippen molar-refractivity contribution in [1.82, 2.24) is 15.0 Å². The molecule has 1 aromatic heterocycles. The van der Waals surface area contributed by atoms with Gasteiger partial charge in [-0.1, -0.05) is 5.16 Å². The maximum atomic E-state index is 12.7. The Morgan fingerprint density at radius 3 is 2.87 bits per heavy atom. The average molecular weight is 321 g/mol. The van der Waals surface area contributed by atoms with Gasteiger partial charge in [-0.3, -0.25) is 4.79 Å². The summed E-state index contributed by atoms with van der Waals surface area (Å²) in [4.78, 5) is 19.0. The number of aromatic nitrogens is 2. The predicted molar refractivity (Wildman–Crippen MR) is 79.6 cm³/mol. The van der Waals surface area contributed by atoms with Crippen LogP contribution in [-0.2, 0) is 20.7 Å². The summed E-state index contributed by atoms with van der Waals surface area (Å²) in [7, 11) is 0. The van der Waals surface area contributed by atoms with Gasteiger partial charge in [0.05, 0.1) is 12.7 Å². The molecule has 0 radical (unpaired) electrons. The van der Waals surface area contributed by atoms with Crippen LogP contribution in [0.5, 0.6) is 0 Å². The number of fused-ring (bicyclic) bond motifs is 1. The maximum absolute atomic E-state index is 12.7. The van der Waals surface area contributed by atoms with Crippen LogP contribution in [0.15, 0.2) is 4.52 Å². The number of aryl methyl sites for hydroxylation is 1. The number of amides is 1. The third-order valence-electron chi connectivity index (χ3n) is 5.33. The van der Waals surface area contributed by atoms with Crippen LogP contribution in [0.4, 0.5) is 0 Å². The zero-order valence-electron chi connectivity index (χ0n) is 13.4. The summed E-state index contributed by atoms with van der Waals surface area (Å²) in [6.45, 7) is 5.46. The lowest BCUT2D eigenvalue weighted by Gasteiger charge is -2.27. The number of carbonyl (C=O) groups is 1. The zero-order chi connectivity index (χ0) is 15.8. The quantitative estimate of drug-likeness (QED) is 0.820. The van der Waals surface area contributed by atoms with E-state index in [1.807, 2.05) is 11.8 Å². The fraction of sp³-hybridized carbons (Fsp3) is 0.812. The molecule has 0 saturated carbocycles. The van der Waals surface area contributed by atoms with Crippen molar-refractivity contribution in [2.45, 2.75) is 32.3 Å². The first-order valence-corrected chi connectivity index (χ1v) is 8.48. The number of hydrogen-bond donors (Lipinski definition) is 0. The molecule has 3 saturated heterocycles. The van der Waals surface area contributed by atoms with E-state index in [4.69, 9.17) is 14.0 Å². The van der Waals surface area contributed by atoms with Crippen molar-refractivity contribution >= 4 is 5.91 Å². The van der Waals surface area contributed by atoms with Crippen LogP contribution in [0, 0.1) is 24.7 Å². The predicted octanol–water partition coefficient (Wildman–Crippen LogP) is 0.821. The summed E-state index contributed by atoms with van der Waals surface area (Å²) >= 11 is 0. The summed E-state index contributed by atoms with van der Waals surface area (Å²) in [5.74, 6) is 2.47. The molecule has 3 aliphatic rings. The summed E-state index contributed by atoms with van der Waals surface area (Å²) < 4.78 is 16.5. The number of ether oxygens (including phenoxy) is 2. The molecular formula is C16H23N3O4. The molecule has 1 aromatic rings. The van der Waals surface area contributed by atoms with E-state index in [1.165, 1.54) is 0 Å². The first kappa shape index (κ1) is 15.1. The summed E-state index contributed by atoms with van der Waals surface area (Å²) in [6, 6.07) is 0. The Morgan fingerprint density at radius 1 is 1.30 bits per heavy atom. The van der Waals surface area contributed by atoms with Crippen molar-refractivity contribution in [3.05, 3.63) is 11.7 Å². The number of likely N-dealkylation sites (tertiary alicyclic amines) is 1. The molecule has 126 valence electrons. The van der Waals surface area contributed by atoms with Crippen LogP contribution in [0.1, 0.15) is 24.6 Å². The fourth-order valence-electron chi connectivity index (χ4n) is 4.04. The molecule has 0 aromatic carbocycles. The van der Waals surface area contributed by atoms with Gasteiger partial charge in [-0.05, 0) is 25.7 Å². The highest BCUT2D eigenvalue weighted by Gasteiger charge is 2.46. The van der Waals surface area contributed by atoms with Gasteiger partial charge in [0.15, 0.2) is 5.82 Å². The van der Waals surface area contributed by atoms with Crippen molar-refractivity contribution in [3.8, 4) is 0 Å². The van der Waals surface area contributed by atoms with E-state index in [-0.39, 0.29) is 17.9 Å². The lowest BCUT2D eigenvalue weighted by Crippen LogP contribution is -2.38. The van der Waals surface area contributed by atoms with Gasteiger partial charge < -0.3 is 18.9 Å². The van der Waals surface area contributed by atoms with Gasteiger partial charge in [-0.2, -0.15) is 4.98 Å². The standard InChI is InChI=1S/C16H23N3O4/c1-10-17-15(23-18-10)6-12-9-22-14-8-19(7-13(12)14)16(20)11-2-4-21-5-3-11/h11-14H,2-9H2,1H3/t12-,13+,14+/m1/s1. The van der Waals surface area contributed by atoms with Crippen molar-refractivity contribution in [3.63, 3.8) is 0 Å². The molecule has 3 fully saturated rings. The molecule has 0 bridgehead atoms. The van der Waals surface area contributed by atoms with Gasteiger partial charge in [-0.25, -0.2) is 0 Å². The largest absolute Gasteiger partial charge is 0.381 e. The summed E-state index contributed by atoms with van der Waals surface area (Å²) in [5.41, 5.74) is 0. The molecule has 1 amide bonds. The van der Waals surface area contributed by atoms with Crippen LogP contribution >= 0.6 is 0 Å². The minimum atomic E-state index is 0.125. The van der Waals surface area contributed by atoms with Crippen LogP contribution in [-0.4, -0.2) is 60.0 Å². The molecule has 7 heteroatoms. The van der Waals surface area contributed by atoms with Crippen LogP contribution in [0.3, 0.4) is 0 Å². The lowest BCUT2D eigenvalue weighted by atomic mass is 9.90. The Hall–Kier alpha value is -1.47. The van der Waals surface area contributed by atoms with Crippen molar-refractivity contribution in [2.24, 2.45) is 17.8 Å². The van der Waals surface area contributed by atoms with Crippen LogP contribution in [0.2, 0.25) is 0 Å². The van der Waals surface area contributed by atoms with Crippen LogP contribution in [0.25, 0.3) is 0 Å². The Bertz CT molecular complexity index is 569. The maximum Gasteiger partial charge on any atom is 0.227 e. The van der Waals surface area contributed by atoms with Crippen molar-refractivity contribution in [1.29, 1.82) is 0 Å². The lowest BCUT2D eigenvalue weighted by molar-refractivity contribution is -0.138. The van der Waals surface area contributed by atoms with E-state index < -0.39 is 0 Å². The molecular weight excluding hydrogens is 298 g/mol. The molecule has 0 aliphatic carbocycles. The monoisotopic (exact) mass is 321 g/mol. The molecule has 7 nitrogen and oxygen atoms in total. The van der Waals surface area contributed by atoms with Gasteiger partial charge in [0, 0.05) is 44.6 Å². The molecule has 4 heterocycles. The molecule has 23 heavy (non-hydrogen) atoms. The minimum absolute atomic E-state index is 0.125. The van der Waals surface area contributed by atoms with E-state index in [1.54, 1.807) is 0 Å². The smallest absolute Gasteiger partial charge is 0.227 e. The second-order valence-corrected chi connectivity index (χ2v) is 6.87. The summed E-state index contributed by atoms with van der Waals surface area (Å²) in [6.07, 6.45) is 2.58. The number of nitrogens with zero attached hydrogens (tertiary/aromatic N) is 3. The number of hydrogen-bond acceptors (Lipinski definition) is 6. The molecule has 0 unspecified atom stereocenters. The second kappa shape index (κ2) is 6.20. The first-order chi connectivity index (χ1) is 11.2. The van der Waals surface area contributed by atoms with Gasteiger partial charge in [0.1, 0.15) is 0 Å². The molecule has 3 atom stereocenters. The normalized spacial score (nSPS) is 31.5. The SMILES string of the molecule is Cc1noc(C[C@@H]2CO[C@H]3CN(C(=O)C4CCOCC4)C[C@@H]23)n1. The highest BCUT2D eigenvalue weighted by molar-refractivity contribution is 5.79. The van der Waals surface area contributed by atoms with Gasteiger partial charge >= 0.3 is 0 Å². The van der Waals surface area contributed by atoms with Gasteiger partial charge in [0.25, 0.3) is 0 Å². The van der Waals surface area contributed by atoms with Gasteiger partial charge in [-0.15, -0.1) is 0 Å². The Labute approximate surface area is 135 Å². The topological polar surface area (TPSA) is 77.7 Å². The molecule has 3 aliphatic heterocycles. The summed E-state index contributed by atoms with van der Waals surface area (Å²) in [5, 5.41) is 3.85. The molecule has 0 N–H and O–H groups in total. The van der Waals surface area contributed by atoms with E-state index in [2.05, 4.69) is 10.1 Å². The van der Waals surface area contributed by atoms with Crippen LogP contribution < -0.4 is 0 Å². The van der Waals surface area contributed by atoms with E-state index in [9.17, 15) is 4.79 Å². The first-order valence-electron chi connectivity index (χ1n) is 8.48. The Kier molecular flexibility index (Phi) is 4.07. The van der Waals surface area contributed by atoms with E-state index in [0.717, 1.165) is 39.0 Å². The highest BCUT2D eigenvalue weighted by Crippen LogP contribution is 2.36. The molecule has 0 spiro atoms. The third kappa shape index (κ3) is 2.99.